The molecular formula is C23H23N3O8S2. The lowest BCUT2D eigenvalue weighted by Crippen LogP contribution is -2.43. The van der Waals surface area contributed by atoms with E-state index in [9.17, 15) is 29.3 Å². The normalized spacial score (nSPS) is 16.8. The average molecular weight is 534 g/mol. The van der Waals surface area contributed by atoms with Gasteiger partial charge in [0.05, 0.1) is 15.5 Å². The van der Waals surface area contributed by atoms with Gasteiger partial charge in [-0.3, -0.25) is 24.6 Å². The van der Waals surface area contributed by atoms with E-state index in [0.717, 1.165) is 11.3 Å². The summed E-state index contributed by atoms with van der Waals surface area (Å²) in [4.78, 5) is 60.8. The minimum absolute atomic E-state index is 0.0562. The van der Waals surface area contributed by atoms with Crippen LogP contribution in [0, 0.1) is 16.0 Å². The second-order valence-corrected chi connectivity index (χ2v) is 9.33. The molecule has 2 heterocycles. The number of nitrogens with zero attached hydrogens (tertiary/aromatic N) is 2. The van der Waals surface area contributed by atoms with Crippen molar-refractivity contribution in [2.45, 2.75) is 25.5 Å². The van der Waals surface area contributed by atoms with Crippen molar-refractivity contribution in [2.24, 2.45) is 5.92 Å². The monoisotopic (exact) mass is 533 g/mol. The van der Waals surface area contributed by atoms with Crippen molar-refractivity contribution in [1.29, 1.82) is 0 Å². The maximum absolute atomic E-state index is 13.0. The van der Waals surface area contributed by atoms with E-state index in [-0.39, 0.29) is 54.9 Å². The van der Waals surface area contributed by atoms with Gasteiger partial charge in [-0.2, -0.15) is 0 Å². The van der Waals surface area contributed by atoms with Gasteiger partial charge in [0, 0.05) is 30.5 Å². The van der Waals surface area contributed by atoms with E-state index in [4.69, 9.17) is 9.47 Å². The minimum atomic E-state index is -0.912. The molecule has 0 spiro atoms. The summed E-state index contributed by atoms with van der Waals surface area (Å²) in [5, 5.41) is 15.0. The van der Waals surface area contributed by atoms with E-state index in [1.165, 1.54) is 46.7 Å². The zero-order valence-electron chi connectivity index (χ0n) is 19.0. The predicted octanol–water partition coefficient (Wildman–Crippen LogP) is 3.81. The molecule has 1 aromatic carbocycles. The van der Waals surface area contributed by atoms with Crippen molar-refractivity contribution in [3.05, 3.63) is 69.6 Å². The lowest BCUT2D eigenvalue weighted by molar-refractivity contribution is -0.384. The molecule has 0 bridgehead atoms. The Labute approximate surface area is 215 Å². The lowest BCUT2D eigenvalue weighted by Gasteiger charge is -2.23. The fourth-order valence-corrected chi connectivity index (χ4v) is 4.67. The standard InChI is InChI=1S/C23H23N3O8S2/c1-2-7-33-22(29)16-10-19(36-13-16)24-21(28)18-8-15(9-20(27)35)11-25(18)23(30)34-12-14-3-5-17(6-4-14)26(31)32/h2-6,10,13,15,18H,1,7-9,11-12H2,(H,24,28)(H,27,35)/t15-,18-/m0/s1. The number of amides is 2. The van der Waals surface area contributed by atoms with Gasteiger partial charge in [0.2, 0.25) is 5.91 Å². The van der Waals surface area contributed by atoms with Gasteiger partial charge in [-0.1, -0.05) is 12.7 Å². The topological polar surface area (TPSA) is 145 Å². The van der Waals surface area contributed by atoms with Crippen molar-refractivity contribution in [2.75, 3.05) is 18.5 Å². The summed E-state index contributed by atoms with van der Waals surface area (Å²) < 4.78 is 10.3. The number of likely N-dealkylation sites (tertiary alicyclic amines) is 1. The Kier molecular flexibility index (Phi) is 9.19. The van der Waals surface area contributed by atoms with Crippen LogP contribution >= 0.6 is 24.0 Å². The fourth-order valence-electron chi connectivity index (χ4n) is 3.64. The number of thiol groups is 1. The van der Waals surface area contributed by atoms with Crippen LogP contribution in [0.3, 0.4) is 0 Å². The first-order valence-electron chi connectivity index (χ1n) is 10.7. The van der Waals surface area contributed by atoms with Gasteiger partial charge in [0.25, 0.3) is 5.69 Å². The molecule has 36 heavy (non-hydrogen) atoms. The number of carbonyl (C=O) groups excluding carboxylic acids is 4. The molecule has 1 aliphatic rings. The number of thiophene rings is 1. The third-order valence-electron chi connectivity index (χ3n) is 5.31. The van der Waals surface area contributed by atoms with Crippen molar-refractivity contribution in [1.82, 2.24) is 4.90 Å². The first-order valence-corrected chi connectivity index (χ1v) is 12.1. The quantitative estimate of drug-likeness (QED) is 0.154. The van der Waals surface area contributed by atoms with Gasteiger partial charge in [-0.05, 0) is 36.1 Å². The molecule has 0 radical (unpaired) electrons. The number of carbonyl (C=O) groups is 4. The van der Waals surface area contributed by atoms with E-state index >= 15 is 0 Å². The lowest BCUT2D eigenvalue weighted by atomic mass is 10.0. The van der Waals surface area contributed by atoms with Crippen LogP contribution in [-0.2, 0) is 25.7 Å². The fraction of sp³-hybridized carbons (Fsp3) is 0.304. The number of esters is 1. The smallest absolute Gasteiger partial charge is 0.410 e. The summed E-state index contributed by atoms with van der Waals surface area (Å²) in [6, 6.07) is 6.09. The molecular weight excluding hydrogens is 510 g/mol. The van der Waals surface area contributed by atoms with Gasteiger partial charge in [-0.15, -0.1) is 24.0 Å². The molecule has 190 valence electrons. The Morgan fingerprint density at radius 1 is 1.25 bits per heavy atom. The first kappa shape index (κ1) is 26.9. The molecule has 1 aromatic heterocycles. The summed E-state index contributed by atoms with van der Waals surface area (Å²) in [6.07, 6.45) is 0.984. The summed E-state index contributed by atoms with van der Waals surface area (Å²) in [5.41, 5.74) is 0.707. The van der Waals surface area contributed by atoms with Gasteiger partial charge < -0.3 is 14.8 Å². The van der Waals surface area contributed by atoms with Gasteiger partial charge in [-0.25, -0.2) is 9.59 Å². The highest BCUT2D eigenvalue weighted by atomic mass is 32.1. The predicted molar refractivity (Wildman–Crippen MR) is 134 cm³/mol. The summed E-state index contributed by atoms with van der Waals surface area (Å²) in [5.74, 6) is -1.34. The molecule has 1 aliphatic heterocycles. The van der Waals surface area contributed by atoms with Crippen LogP contribution in [0.25, 0.3) is 0 Å². The van der Waals surface area contributed by atoms with Crippen molar-refractivity contribution < 1.29 is 33.6 Å². The number of non-ortho nitro benzene ring substituents is 1. The van der Waals surface area contributed by atoms with Gasteiger partial charge >= 0.3 is 12.1 Å². The van der Waals surface area contributed by atoms with Crippen LogP contribution in [0.4, 0.5) is 15.5 Å². The molecule has 13 heteroatoms. The molecule has 0 aliphatic carbocycles. The Hall–Kier alpha value is -3.71. The molecule has 1 fully saturated rings. The maximum atomic E-state index is 13.0. The molecule has 0 unspecified atom stereocenters. The summed E-state index contributed by atoms with van der Waals surface area (Å²) in [7, 11) is 0. The van der Waals surface area contributed by atoms with Gasteiger partial charge in [0.1, 0.15) is 19.3 Å². The number of nitro groups is 1. The third kappa shape index (κ3) is 7.15. The van der Waals surface area contributed by atoms with Crippen LogP contribution in [0.5, 0.6) is 0 Å². The van der Waals surface area contributed by atoms with Crippen LogP contribution in [0.2, 0.25) is 0 Å². The molecule has 1 N–H and O–H groups in total. The minimum Gasteiger partial charge on any atom is -0.458 e. The number of rotatable bonds is 10. The number of benzene rings is 1. The zero-order valence-corrected chi connectivity index (χ0v) is 20.7. The molecule has 2 aromatic rings. The van der Waals surface area contributed by atoms with Crippen LogP contribution < -0.4 is 5.32 Å². The Morgan fingerprint density at radius 2 is 1.97 bits per heavy atom. The number of ether oxygens (including phenoxy) is 2. The largest absolute Gasteiger partial charge is 0.458 e. The second-order valence-electron chi connectivity index (χ2n) is 7.92. The zero-order chi connectivity index (χ0) is 26.2. The highest BCUT2D eigenvalue weighted by molar-refractivity contribution is 7.96. The number of nitrogens with one attached hydrogen (secondary N) is 1. The third-order valence-corrected chi connectivity index (χ3v) is 6.34. The second kappa shape index (κ2) is 12.3. The highest BCUT2D eigenvalue weighted by Gasteiger charge is 2.41. The number of anilines is 1. The van der Waals surface area contributed by atoms with Crippen LogP contribution in [-0.4, -0.2) is 52.1 Å². The van der Waals surface area contributed by atoms with E-state index in [1.807, 2.05) is 0 Å². The van der Waals surface area contributed by atoms with Gasteiger partial charge in [0.15, 0.2) is 5.12 Å². The van der Waals surface area contributed by atoms with E-state index in [0.29, 0.717) is 10.6 Å². The van der Waals surface area contributed by atoms with Crippen LogP contribution in [0.15, 0.2) is 48.4 Å². The maximum Gasteiger partial charge on any atom is 0.410 e. The van der Waals surface area contributed by atoms with E-state index in [1.54, 1.807) is 0 Å². The number of hydrogen-bond donors (Lipinski definition) is 2. The average Bonchev–Trinajstić information content (AvgIpc) is 3.48. The summed E-state index contributed by atoms with van der Waals surface area (Å²) >= 11 is 4.93. The Morgan fingerprint density at radius 3 is 2.61 bits per heavy atom. The Bertz CT molecular complexity index is 1160. The van der Waals surface area contributed by atoms with Crippen LogP contribution in [0.1, 0.15) is 28.8 Å². The first-order chi connectivity index (χ1) is 17.2. The van der Waals surface area contributed by atoms with Crippen molar-refractivity contribution in [3.8, 4) is 0 Å². The number of hydrogen-bond acceptors (Lipinski definition) is 9. The molecule has 0 saturated carbocycles. The van der Waals surface area contributed by atoms with E-state index < -0.39 is 28.9 Å². The van der Waals surface area contributed by atoms with E-state index in [2.05, 4.69) is 24.5 Å². The summed E-state index contributed by atoms with van der Waals surface area (Å²) in [6.45, 7) is 3.50. The molecule has 1 saturated heterocycles. The highest BCUT2D eigenvalue weighted by Crippen LogP contribution is 2.30. The Balaban J connectivity index is 1.66. The number of nitro benzene ring substituents is 1. The molecule has 3 rings (SSSR count). The molecule has 2 amide bonds. The molecule has 2 atom stereocenters. The molecule has 11 nitrogen and oxygen atoms in total. The SMILES string of the molecule is C=CCOC(=O)c1csc(NC(=O)[C@@H]2C[C@@H](CC(=O)S)CN2C(=O)OCc2ccc([N+](=O)[O-])cc2)c1. The van der Waals surface area contributed by atoms with Crippen molar-refractivity contribution >= 4 is 57.7 Å². The van der Waals surface area contributed by atoms with Crippen molar-refractivity contribution in [3.63, 3.8) is 0 Å².